The molecule has 1 aromatic heterocycles. The highest BCUT2D eigenvalue weighted by atomic mass is 16.5. The molecule has 1 fully saturated rings. The van der Waals surface area contributed by atoms with Crippen LogP contribution >= 0.6 is 0 Å². The number of carbonyl (C=O) groups excluding carboxylic acids is 3. The minimum Gasteiger partial charge on any atom is -0.451 e. The van der Waals surface area contributed by atoms with Gasteiger partial charge >= 0.3 is 5.97 Å². The molecular weight excluding hydrogens is 324 g/mol. The first-order valence-corrected chi connectivity index (χ1v) is 7.92. The predicted octanol–water partition coefficient (Wildman–Crippen LogP) is 0.508. The Morgan fingerprint density at radius 3 is 2.60 bits per heavy atom. The van der Waals surface area contributed by atoms with Crippen LogP contribution in [-0.4, -0.2) is 40.7 Å². The van der Waals surface area contributed by atoms with Crippen LogP contribution < -0.4 is 11.1 Å². The molecule has 1 saturated carbocycles. The average molecular weight is 342 g/mol. The summed E-state index contributed by atoms with van der Waals surface area (Å²) >= 11 is 0. The maximum Gasteiger partial charge on any atom is 0.357 e. The number of rotatable bonds is 7. The Balaban J connectivity index is 1.73. The van der Waals surface area contributed by atoms with E-state index >= 15 is 0 Å². The highest BCUT2D eigenvalue weighted by Gasteiger charge is 2.29. The van der Waals surface area contributed by atoms with E-state index in [0.717, 1.165) is 24.2 Å². The first kappa shape index (κ1) is 16.7. The number of carbonyl (C=O) groups is 3. The highest BCUT2D eigenvalue weighted by Crippen LogP contribution is 2.39. The van der Waals surface area contributed by atoms with E-state index in [0.29, 0.717) is 5.92 Å². The number of para-hydroxylation sites is 1. The average Bonchev–Trinajstić information content (AvgIpc) is 3.37. The van der Waals surface area contributed by atoms with Gasteiger partial charge in [0, 0.05) is 5.92 Å². The Labute approximate surface area is 143 Å². The third-order valence-corrected chi connectivity index (χ3v) is 3.73. The number of hydrogen-bond donors (Lipinski definition) is 2. The van der Waals surface area contributed by atoms with E-state index in [-0.39, 0.29) is 12.2 Å². The van der Waals surface area contributed by atoms with Crippen molar-refractivity contribution in [2.24, 2.45) is 5.73 Å². The van der Waals surface area contributed by atoms with Crippen LogP contribution in [-0.2, 0) is 14.3 Å². The van der Waals surface area contributed by atoms with Gasteiger partial charge in [-0.25, -0.2) is 9.48 Å². The molecule has 8 nitrogen and oxygen atoms in total. The van der Waals surface area contributed by atoms with Crippen molar-refractivity contribution in [3.8, 4) is 5.69 Å². The maximum atomic E-state index is 12.4. The lowest BCUT2D eigenvalue weighted by molar-refractivity contribution is -0.127. The largest absolute Gasteiger partial charge is 0.451 e. The van der Waals surface area contributed by atoms with Crippen molar-refractivity contribution in [3.63, 3.8) is 0 Å². The van der Waals surface area contributed by atoms with Gasteiger partial charge in [-0.2, -0.15) is 5.10 Å². The van der Waals surface area contributed by atoms with Gasteiger partial charge in [-0.15, -0.1) is 0 Å². The summed E-state index contributed by atoms with van der Waals surface area (Å²) in [7, 11) is 0. The topological polar surface area (TPSA) is 116 Å². The maximum absolute atomic E-state index is 12.4. The van der Waals surface area contributed by atoms with E-state index in [1.54, 1.807) is 6.07 Å². The Hall–Kier alpha value is -3.16. The summed E-state index contributed by atoms with van der Waals surface area (Å²) in [5.41, 5.74) is 6.77. The summed E-state index contributed by atoms with van der Waals surface area (Å²) in [5, 5.41) is 6.76. The molecule has 3 rings (SSSR count). The fraction of sp³-hybridized carbons (Fsp3) is 0.294. The monoisotopic (exact) mass is 342 g/mol. The molecule has 2 amide bonds. The molecule has 0 spiro atoms. The standard InChI is InChI=1S/C17H18N4O4/c18-15(22)9-19-16(23)10-25-17(24)14-8-13(11-6-7-11)20-21(14)12-4-2-1-3-5-12/h1-5,8,11H,6-7,9-10H2,(H2,18,22)(H,19,23). The Morgan fingerprint density at radius 1 is 1.24 bits per heavy atom. The molecule has 1 aromatic carbocycles. The first-order valence-electron chi connectivity index (χ1n) is 7.92. The smallest absolute Gasteiger partial charge is 0.357 e. The second-order valence-corrected chi connectivity index (χ2v) is 5.80. The second kappa shape index (κ2) is 7.16. The van der Waals surface area contributed by atoms with E-state index in [2.05, 4.69) is 10.4 Å². The van der Waals surface area contributed by atoms with E-state index < -0.39 is 24.4 Å². The third kappa shape index (κ3) is 4.23. The van der Waals surface area contributed by atoms with Crippen molar-refractivity contribution in [1.82, 2.24) is 15.1 Å². The quantitative estimate of drug-likeness (QED) is 0.711. The molecule has 1 aliphatic rings. The molecule has 130 valence electrons. The van der Waals surface area contributed by atoms with Crippen LogP contribution in [0.3, 0.4) is 0 Å². The van der Waals surface area contributed by atoms with Crippen molar-refractivity contribution < 1.29 is 19.1 Å². The number of esters is 1. The Kier molecular flexibility index (Phi) is 4.78. The van der Waals surface area contributed by atoms with Crippen LogP contribution in [0, 0.1) is 0 Å². The molecule has 1 aliphatic carbocycles. The zero-order valence-corrected chi connectivity index (χ0v) is 13.5. The minimum absolute atomic E-state index is 0.260. The van der Waals surface area contributed by atoms with Crippen LogP contribution in [0.1, 0.15) is 34.9 Å². The van der Waals surface area contributed by atoms with Gasteiger partial charge in [-0.3, -0.25) is 9.59 Å². The van der Waals surface area contributed by atoms with Crippen molar-refractivity contribution in [3.05, 3.63) is 47.8 Å². The summed E-state index contributed by atoms with van der Waals surface area (Å²) in [6.07, 6.45) is 2.10. The van der Waals surface area contributed by atoms with E-state index in [4.69, 9.17) is 10.5 Å². The van der Waals surface area contributed by atoms with Crippen LogP contribution in [0.25, 0.3) is 5.69 Å². The van der Waals surface area contributed by atoms with Gasteiger partial charge in [0.25, 0.3) is 5.91 Å². The number of ether oxygens (including phenoxy) is 1. The molecule has 0 saturated heterocycles. The van der Waals surface area contributed by atoms with Crippen molar-refractivity contribution in [2.75, 3.05) is 13.2 Å². The number of hydrogen-bond acceptors (Lipinski definition) is 5. The first-order chi connectivity index (χ1) is 12.0. The Bertz CT molecular complexity index is 796. The third-order valence-electron chi connectivity index (χ3n) is 3.73. The van der Waals surface area contributed by atoms with Gasteiger partial charge in [-0.05, 0) is 31.0 Å². The van der Waals surface area contributed by atoms with Gasteiger partial charge < -0.3 is 15.8 Å². The molecule has 1 heterocycles. The van der Waals surface area contributed by atoms with Gasteiger partial charge in [0.05, 0.1) is 17.9 Å². The lowest BCUT2D eigenvalue weighted by Gasteiger charge is -2.08. The molecule has 0 unspecified atom stereocenters. The zero-order chi connectivity index (χ0) is 17.8. The molecule has 0 aliphatic heterocycles. The number of amides is 2. The van der Waals surface area contributed by atoms with Crippen LogP contribution in [0.2, 0.25) is 0 Å². The molecule has 25 heavy (non-hydrogen) atoms. The summed E-state index contributed by atoms with van der Waals surface area (Å²) in [6, 6.07) is 10.9. The molecule has 0 bridgehead atoms. The van der Waals surface area contributed by atoms with E-state index in [9.17, 15) is 14.4 Å². The molecule has 3 N–H and O–H groups in total. The van der Waals surface area contributed by atoms with Gasteiger partial charge in [0.15, 0.2) is 12.3 Å². The van der Waals surface area contributed by atoms with Gasteiger partial charge in [0.1, 0.15) is 0 Å². The lowest BCUT2D eigenvalue weighted by atomic mass is 10.2. The van der Waals surface area contributed by atoms with Crippen molar-refractivity contribution >= 4 is 17.8 Å². The van der Waals surface area contributed by atoms with Crippen molar-refractivity contribution in [1.29, 1.82) is 0 Å². The second-order valence-electron chi connectivity index (χ2n) is 5.80. The number of primary amides is 1. The fourth-order valence-corrected chi connectivity index (χ4v) is 2.33. The number of nitrogens with one attached hydrogen (secondary N) is 1. The predicted molar refractivity (Wildman–Crippen MR) is 88.0 cm³/mol. The van der Waals surface area contributed by atoms with E-state index in [1.807, 2.05) is 30.3 Å². The number of aromatic nitrogens is 2. The normalized spacial score (nSPS) is 13.3. The summed E-state index contributed by atoms with van der Waals surface area (Å²) < 4.78 is 6.56. The molecule has 0 atom stereocenters. The molecule has 0 radical (unpaired) electrons. The number of nitrogens with two attached hydrogens (primary N) is 1. The number of benzene rings is 1. The fourth-order valence-electron chi connectivity index (χ4n) is 2.33. The highest BCUT2D eigenvalue weighted by molar-refractivity contribution is 5.91. The number of nitrogens with zero attached hydrogens (tertiary/aromatic N) is 2. The molecule has 2 aromatic rings. The van der Waals surface area contributed by atoms with Crippen LogP contribution in [0.4, 0.5) is 0 Å². The Morgan fingerprint density at radius 2 is 1.96 bits per heavy atom. The summed E-state index contributed by atoms with van der Waals surface area (Å²) in [5.74, 6) is -1.55. The molecular formula is C17H18N4O4. The van der Waals surface area contributed by atoms with Gasteiger partial charge in [-0.1, -0.05) is 18.2 Å². The van der Waals surface area contributed by atoms with Crippen molar-refractivity contribution in [2.45, 2.75) is 18.8 Å². The van der Waals surface area contributed by atoms with E-state index in [1.165, 1.54) is 4.68 Å². The summed E-state index contributed by atoms with van der Waals surface area (Å²) in [4.78, 5) is 34.6. The van der Waals surface area contributed by atoms with Crippen LogP contribution in [0.15, 0.2) is 36.4 Å². The molecule has 8 heteroatoms. The summed E-state index contributed by atoms with van der Waals surface area (Å²) in [6.45, 7) is -0.797. The lowest BCUT2D eigenvalue weighted by Crippen LogP contribution is -2.36. The van der Waals surface area contributed by atoms with Gasteiger partial charge in [0.2, 0.25) is 5.91 Å². The minimum atomic E-state index is -0.670. The zero-order valence-electron chi connectivity index (χ0n) is 13.5. The van der Waals surface area contributed by atoms with Crippen LogP contribution in [0.5, 0.6) is 0 Å². The SMILES string of the molecule is NC(=O)CNC(=O)COC(=O)c1cc(C2CC2)nn1-c1ccccc1.